The van der Waals surface area contributed by atoms with Crippen LogP contribution in [0.3, 0.4) is 0 Å². The third kappa shape index (κ3) is 4.85. The summed E-state index contributed by atoms with van der Waals surface area (Å²) in [7, 11) is 0. The van der Waals surface area contributed by atoms with E-state index < -0.39 is 0 Å². The molecule has 0 aromatic rings. The van der Waals surface area contributed by atoms with E-state index in [4.69, 9.17) is 0 Å². The van der Waals surface area contributed by atoms with E-state index in [1.54, 1.807) is 0 Å². The van der Waals surface area contributed by atoms with Crippen molar-refractivity contribution in [3.05, 3.63) is 0 Å². The van der Waals surface area contributed by atoms with E-state index in [0.717, 1.165) is 0 Å². The SMILES string of the molecule is CCCCC(S)SC. The van der Waals surface area contributed by atoms with Crippen LogP contribution in [-0.2, 0) is 0 Å². The molecule has 0 aliphatic rings. The molecule has 2 heteroatoms. The maximum Gasteiger partial charge on any atom is 0.0469 e. The van der Waals surface area contributed by atoms with Crippen LogP contribution in [0.15, 0.2) is 0 Å². The number of thioether (sulfide) groups is 1. The summed E-state index contributed by atoms with van der Waals surface area (Å²) in [4.78, 5) is 0. The van der Waals surface area contributed by atoms with Crippen molar-refractivity contribution in [1.29, 1.82) is 0 Å². The average Bonchev–Trinajstić information content (AvgIpc) is 1.83. The summed E-state index contributed by atoms with van der Waals surface area (Å²) < 4.78 is 0.565. The summed E-state index contributed by atoms with van der Waals surface area (Å²) >= 11 is 6.16. The minimum atomic E-state index is 0.565. The third-order valence-corrected chi connectivity index (χ3v) is 2.75. The van der Waals surface area contributed by atoms with Gasteiger partial charge in [0.2, 0.25) is 0 Å². The van der Waals surface area contributed by atoms with Crippen LogP contribution in [0, 0.1) is 0 Å². The first kappa shape index (κ1) is 8.70. The molecule has 1 atom stereocenters. The highest BCUT2D eigenvalue weighted by molar-refractivity contribution is 8.09. The lowest BCUT2D eigenvalue weighted by Gasteiger charge is -2.03. The first-order valence-corrected chi connectivity index (χ1v) is 4.82. The lowest BCUT2D eigenvalue weighted by atomic mass is 10.3. The largest absolute Gasteiger partial charge is 0.165 e. The lowest BCUT2D eigenvalue weighted by molar-refractivity contribution is 0.765. The van der Waals surface area contributed by atoms with Gasteiger partial charge in [0.15, 0.2) is 0 Å². The van der Waals surface area contributed by atoms with Crippen LogP contribution in [0.4, 0.5) is 0 Å². The Bertz CT molecular complexity index is 45.8. The lowest BCUT2D eigenvalue weighted by Crippen LogP contribution is -1.88. The fourth-order valence-electron chi connectivity index (χ4n) is 0.497. The van der Waals surface area contributed by atoms with E-state index in [-0.39, 0.29) is 0 Å². The Labute approximate surface area is 61.8 Å². The Balaban J connectivity index is 2.86. The molecule has 0 fully saturated rings. The second-order valence-electron chi connectivity index (χ2n) is 1.83. The normalized spacial score (nSPS) is 13.9. The number of hydrogen-bond donors (Lipinski definition) is 1. The zero-order chi connectivity index (χ0) is 6.41. The molecular formula is C6H14S2. The fourth-order valence-corrected chi connectivity index (χ4v) is 1.08. The predicted octanol–water partition coefficient (Wildman–Crippen LogP) is 2.80. The van der Waals surface area contributed by atoms with Crippen LogP contribution < -0.4 is 0 Å². The maximum absolute atomic E-state index is 4.33. The Morgan fingerprint density at radius 1 is 1.62 bits per heavy atom. The molecule has 0 aromatic heterocycles. The summed E-state index contributed by atoms with van der Waals surface area (Å²) in [5, 5.41) is 0. The first-order chi connectivity index (χ1) is 3.81. The van der Waals surface area contributed by atoms with Crippen LogP contribution in [0.25, 0.3) is 0 Å². The van der Waals surface area contributed by atoms with Crippen molar-refractivity contribution >= 4 is 24.4 Å². The smallest absolute Gasteiger partial charge is 0.0469 e. The van der Waals surface area contributed by atoms with Crippen molar-refractivity contribution in [3.8, 4) is 0 Å². The molecular weight excluding hydrogens is 136 g/mol. The first-order valence-electron chi connectivity index (χ1n) is 3.02. The van der Waals surface area contributed by atoms with E-state index in [9.17, 15) is 0 Å². The Morgan fingerprint density at radius 3 is 2.62 bits per heavy atom. The molecule has 0 saturated heterocycles. The molecule has 1 unspecified atom stereocenters. The molecule has 8 heavy (non-hydrogen) atoms. The van der Waals surface area contributed by atoms with Crippen molar-refractivity contribution in [2.45, 2.75) is 30.8 Å². The number of rotatable bonds is 4. The molecule has 50 valence electrons. The van der Waals surface area contributed by atoms with Crippen molar-refractivity contribution in [2.24, 2.45) is 0 Å². The highest BCUT2D eigenvalue weighted by Gasteiger charge is 1.96. The number of unbranched alkanes of at least 4 members (excludes halogenated alkanes) is 1. The van der Waals surface area contributed by atoms with E-state index in [1.165, 1.54) is 19.3 Å². The zero-order valence-electron chi connectivity index (χ0n) is 5.55. The number of hydrogen-bond acceptors (Lipinski definition) is 2. The molecule has 0 bridgehead atoms. The van der Waals surface area contributed by atoms with Gasteiger partial charge >= 0.3 is 0 Å². The molecule has 0 spiro atoms. The zero-order valence-corrected chi connectivity index (χ0v) is 7.27. The van der Waals surface area contributed by atoms with Gasteiger partial charge in [0, 0.05) is 4.58 Å². The molecule has 0 amide bonds. The maximum atomic E-state index is 4.33. The molecule has 0 aliphatic carbocycles. The molecule has 0 aromatic carbocycles. The average molecular weight is 150 g/mol. The van der Waals surface area contributed by atoms with E-state index in [0.29, 0.717) is 4.58 Å². The minimum Gasteiger partial charge on any atom is -0.165 e. The summed E-state index contributed by atoms with van der Waals surface area (Å²) in [6.07, 6.45) is 5.96. The molecule has 0 heterocycles. The van der Waals surface area contributed by atoms with Crippen molar-refractivity contribution in [2.75, 3.05) is 6.26 Å². The molecule has 0 aliphatic heterocycles. The van der Waals surface area contributed by atoms with Crippen molar-refractivity contribution < 1.29 is 0 Å². The summed E-state index contributed by atoms with van der Waals surface area (Å²) in [5.74, 6) is 0. The Kier molecular flexibility index (Phi) is 6.34. The van der Waals surface area contributed by atoms with Gasteiger partial charge in [-0.15, -0.1) is 0 Å². The minimum absolute atomic E-state index is 0.565. The molecule has 0 radical (unpaired) electrons. The van der Waals surface area contributed by atoms with E-state index in [2.05, 4.69) is 25.8 Å². The predicted molar refractivity (Wildman–Crippen MR) is 45.8 cm³/mol. The van der Waals surface area contributed by atoms with Gasteiger partial charge in [-0.2, -0.15) is 24.4 Å². The summed E-state index contributed by atoms with van der Waals surface area (Å²) in [5.41, 5.74) is 0. The van der Waals surface area contributed by atoms with Crippen molar-refractivity contribution in [1.82, 2.24) is 0 Å². The van der Waals surface area contributed by atoms with Crippen LogP contribution in [-0.4, -0.2) is 10.8 Å². The van der Waals surface area contributed by atoms with Crippen molar-refractivity contribution in [3.63, 3.8) is 0 Å². The topological polar surface area (TPSA) is 0 Å². The quantitative estimate of drug-likeness (QED) is 0.475. The standard InChI is InChI=1S/C6H14S2/c1-3-4-5-6(7)8-2/h6-7H,3-5H2,1-2H3. The van der Waals surface area contributed by atoms with Gasteiger partial charge in [-0.05, 0) is 12.7 Å². The van der Waals surface area contributed by atoms with Gasteiger partial charge < -0.3 is 0 Å². The van der Waals surface area contributed by atoms with Gasteiger partial charge in [0.25, 0.3) is 0 Å². The van der Waals surface area contributed by atoms with Crippen LogP contribution in [0.5, 0.6) is 0 Å². The molecule has 0 N–H and O–H groups in total. The molecule has 0 rings (SSSR count). The highest BCUT2D eigenvalue weighted by Crippen LogP contribution is 2.16. The fraction of sp³-hybridized carbons (Fsp3) is 1.00. The summed E-state index contributed by atoms with van der Waals surface area (Å²) in [6.45, 7) is 2.21. The highest BCUT2D eigenvalue weighted by atomic mass is 32.2. The van der Waals surface area contributed by atoms with Crippen LogP contribution in [0.2, 0.25) is 0 Å². The van der Waals surface area contributed by atoms with Gasteiger partial charge in [0.1, 0.15) is 0 Å². The second-order valence-corrected chi connectivity index (χ2v) is 3.85. The second kappa shape index (κ2) is 5.83. The van der Waals surface area contributed by atoms with Gasteiger partial charge in [0.05, 0.1) is 0 Å². The van der Waals surface area contributed by atoms with E-state index in [1.807, 2.05) is 11.8 Å². The number of thiol groups is 1. The van der Waals surface area contributed by atoms with Crippen LogP contribution in [0.1, 0.15) is 26.2 Å². The Hall–Kier alpha value is 0.700. The van der Waals surface area contributed by atoms with Crippen LogP contribution >= 0.6 is 24.4 Å². The van der Waals surface area contributed by atoms with Gasteiger partial charge in [-0.1, -0.05) is 19.8 Å². The molecule has 0 nitrogen and oxygen atoms in total. The monoisotopic (exact) mass is 150 g/mol. The third-order valence-electron chi connectivity index (χ3n) is 1.08. The van der Waals surface area contributed by atoms with E-state index >= 15 is 0 Å². The summed E-state index contributed by atoms with van der Waals surface area (Å²) in [6, 6.07) is 0. The Morgan fingerprint density at radius 2 is 2.25 bits per heavy atom. The van der Waals surface area contributed by atoms with Gasteiger partial charge in [-0.3, -0.25) is 0 Å². The molecule has 0 saturated carbocycles. The van der Waals surface area contributed by atoms with Gasteiger partial charge in [-0.25, -0.2) is 0 Å².